The molecule has 3 rings (SSSR count). The quantitative estimate of drug-likeness (QED) is 0.733. The van der Waals surface area contributed by atoms with Gasteiger partial charge in [-0.3, -0.25) is 0 Å². The number of carbonyl (C=O) groups excluding carboxylic acids is 1. The summed E-state index contributed by atoms with van der Waals surface area (Å²) < 4.78 is 24.7. The number of hydrogen-bond donors (Lipinski definition) is 1. The van der Waals surface area contributed by atoms with E-state index in [9.17, 15) is 13.2 Å². The monoisotopic (exact) mass is 384 g/mol. The third-order valence-corrected chi connectivity index (χ3v) is 5.09. The summed E-state index contributed by atoms with van der Waals surface area (Å²) in [7, 11) is -1.58. The molecule has 0 aliphatic carbocycles. The van der Waals surface area contributed by atoms with Crippen molar-refractivity contribution in [2.75, 3.05) is 18.6 Å². The highest BCUT2D eigenvalue weighted by molar-refractivity contribution is 7.90. The molecular formula is C19H20N4O3S. The van der Waals surface area contributed by atoms with E-state index in [1.54, 1.807) is 30.1 Å². The lowest BCUT2D eigenvalue weighted by Crippen LogP contribution is -2.30. The summed E-state index contributed by atoms with van der Waals surface area (Å²) in [5.41, 5.74) is 2.37. The van der Waals surface area contributed by atoms with Crippen molar-refractivity contribution in [1.82, 2.24) is 14.7 Å². The smallest absolute Gasteiger partial charge is 0.321 e. The maximum Gasteiger partial charge on any atom is 0.321 e. The van der Waals surface area contributed by atoms with E-state index in [4.69, 9.17) is 0 Å². The molecule has 8 heteroatoms. The van der Waals surface area contributed by atoms with Crippen molar-refractivity contribution in [3.63, 3.8) is 0 Å². The van der Waals surface area contributed by atoms with Crippen LogP contribution in [0.4, 0.5) is 10.5 Å². The zero-order valence-electron chi connectivity index (χ0n) is 15.0. The van der Waals surface area contributed by atoms with Crippen LogP contribution in [0, 0.1) is 0 Å². The average molecular weight is 384 g/mol. The molecule has 0 radical (unpaired) electrons. The second-order valence-corrected chi connectivity index (χ2v) is 8.23. The normalized spacial score (nSPS) is 11.2. The summed E-state index contributed by atoms with van der Waals surface area (Å²) in [6.45, 7) is 0.389. The molecule has 2 amide bonds. The minimum absolute atomic E-state index is 0.210. The van der Waals surface area contributed by atoms with Crippen LogP contribution in [-0.4, -0.2) is 42.4 Å². The number of aromatic nitrogens is 2. The number of amides is 2. The molecule has 0 saturated carbocycles. The van der Waals surface area contributed by atoms with E-state index in [-0.39, 0.29) is 10.9 Å². The fraction of sp³-hybridized carbons (Fsp3) is 0.158. The Bertz CT molecular complexity index is 1030. The molecule has 0 spiro atoms. The van der Waals surface area contributed by atoms with Gasteiger partial charge >= 0.3 is 6.03 Å². The molecule has 27 heavy (non-hydrogen) atoms. The van der Waals surface area contributed by atoms with Gasteiger partial charge < -0.3 is 10.2 Å². The summed E-state index contributed by atoms with van der Waals surface area (Å²) in [6.07, 6.45) is 4.74. The van der Waals surface area contributed by atoms with Crippen LogP contribution in [0.25, 0.3) is 5.69 Å². The molecule has 1 heterocycles. The van der Waals surface area contributed by atoms with Crippen molar-refractivity contribution in [3.8, 4) is 5.69 Å². The number of benzene rings is 2. The molecule has 0 bridgehead atoms. The summed E-state index contributed by atoms with van der Waals surface area (Å²) in [6, 6.07) is 15.5. The third-order valence-electron chi connectivity index (χ3n) is 3.96. The molecule has 0 unspecified atom stereocenters. The minimum atomic E-state index is -3.26. The fourth-order valence-electron chi connectivity index (χ4n) is 2.51. The van der Waals surface area contributed by atoms with Crippen molar-refractivity contribution in [2.45, 2.75) is 11.4 Å². The zero-order chi connectivity index (χ0) is 19.4. The van der Waals surface area contributed by atoms with E-state index in [2.05, 4.69) is 10.4 Å². The number of para-hydroxylation sites is 1. The number of nitrogens with one attached hydrogen (secondary N) is 1. The Morgan fingerprint density at radius 1 is 1.11 bits per heavy atom. The largest absolute Gasteiger partial charge is 0.323 e. The highest BCUT2D eigenvalue weighted by Crippen LogP contribution is 2.15. The molecule has 0 atom stereocenters. The van der Waals surface area contributed by atoms with Gasteiger partial charge in [-0.25, -0.2) is 17.9 Å². The fourth-order valence-corrected chi connectivity index (χ4v) is 3.14. The van der Waals surface area contributed by atoms with E-state index in [0.717, 1.165) is 17.5 Å². The molecule has 3 aromatic rings. The maximum absolute atomic E-state index is 12.3. The Kier molecular flexibility index (Phi) is 5.27. The number of carbonyl (C=O) groups is 1. The van der Waals surface area contributed by atoms with Gasteiger partial charge in [0.25, 0.3) is 0 Å². The SMILES string of the molecule is CN(Cc1cnn(-c2ccccc2)c1)C(=O)Nc1ccc(S(C)(=O)=O)cc1. The first-order valence-electron chi connectivity index (χ1n) is 8.24. The van der Waals surface area contributed by atoms with Crippen LogP contribution in [0.15, 0.2) is 71.9 Å². The molecule has 0 aliphatic heterocycles. The number of hydrogen-bond acceptors (Lipinski definition) is 4. The van der Waals surface area contributed by atoms with Gasteiger partial charge in [-0.15, -0.1) is 0 Å². The molecule has 2 aromatic carbocycles. The van der Waals surface area contributed by atoms with Crippen molar-refractivity contribution < 1.29 is 13.2 Å². The van der Waals surface area contributed by atoms with Crippen molar-refractivity contribution in [1.29, 1.82) is 0 Å². The Balaban J connectivity index is 1.62. The lowest BCUT2D eigenvalue weighted by atomic mass is 10.3. The van der Waals surface area contributed by atoms with E-state index >= 15 is 0 Å². The third kappa shape index (κ3) is 4.73. The maximum atomic E-state index is 12.3. The molecule has 1 N–H and O–H groups in total. The molecule has 7 nitrogen and oxygen atoms in total. The lowest BCUT2D eigenvalue weighted by Gasteiger charge is -2.17. The second kappa shape index (κ2) is 7.63. The molecule has 0 fully saturated rings. The van der Waals surface area contributed by atoms with Gasteiger partial charge in [0.15, 0.2) is 9.84 Å². The zero-order valence-corrected chi connectivity index (χ0v) is 15.8. The van der Waals surface area contributed by atoms with Gasteiger partial charge in [-0.1, -0.05) is 18.2 Å². The lowest BCUT2D eigenvalue weighted by molar-refractivity contribution is 0.220. The number of sulfone groups is 1. The molecule has 0 saturated heterocycles. The molecule has 0 aliphatic rings. The topological polar surface area (TPSA) is 84.3 Å². The van der Waals surface area contributed by atoms with Crippen LogP contribution in [0.3, 0.4) is 0 Å². The first-order chi connectivity index (χ1) is 12.8. The molecule has 1 aromatic heterocycles. The number of nitrogens with zero attached hydrogens (tertiary/aromatic N) is 3. The Morgan fingerprint density at radius 2 is 1.78 bits per heavy atom. The number of urea groups is 1. The van der Waals surface area contributed by atoms with Crippen LogP contribution < -0.4 is 5.32 Å². The second-order valence-electron chi connectivity index (χ2n) is 6.21. The van der Waals surface area contributed by atoms with Crippen molar-refractivity contribution in [3.05, 3.63) is 72.6 Å². The first kappa shape index (κ1) is 18.7. The van der Waals surface area contributed by atoms with Crippen molar-refractivity contribution in [2.24, 2.45) is 0 Å². The standard InChI is InChI=1S/C19H20N4O3S/c1-22(13-15-12-20-23(14-15)17-6-4-3-5-7-17)19(24)21-16-8-10-18(11-9-16)27(2,25)26/h3-12,14H,13H2,1-2H3,(H,21,24). The van der Waals surface area contributed by atoms with Crippen LogP contribution in [0.1, 0.15) is 5.56 Å². The summed E-state index contributed by atoms with van der Waals surface area (Å²) in [4.78, 5) is 14.1. The number of rotatable bonds is 5. The van der Waals surface area contributed by atoms with Gasteiger partial charge in [0.05, 0.1) is 23.3 Å². The first-order valence-corrected chi connectivity index (χ1v) is 10.1. The van der Waals surface area contributed by atoms with Gasteiger partial charge in [0.2, 0.25) is 0 Å². The molecular weight excluding hydrogens is 364 g/mol. The van der Waals surface area contributed by atoms with Gasteiger partial charge in [-0.05, 0) is 36.4 Å². The van der Waals surface area contributed by atoms with Crippen LogP contribution in [-0.2, 0) is 16.4 Å². The predicted molar refractivity (Wildman–Crippen MR) is 104 cm³/mol. The summed E-state index contributed by atoms with van der Waals surface area (Å²) in [5, 5.41) is 7.06. The predicted octanol–water partition coefficient (Wildman–Crippen LogP) is 2.94. The number of anilines is 1. The average Bonchev–Trinajstić information content (AvgIpc) is 3.10. The molecule has 140 valence electrons. The van der Waals surface area contributed by atoms with Crippen molar-refractivity contribution >= 4 is 21.6 Å². The van der Waals surface area contributed by atoms with Crippen LogP contribution in [0.5, 0.6) is 0 Å². The van der Waals surface area contributed by atoms with Crippen LogP contribution in [0.2, 0.25) is 0 Å². The van der Waals surface area contributed by atoms with Gasteiger partial charge in [-0.2, -0.15) is 5.10 Å². The Hall–Kier alpha value is -3.13. The minimum Gasteiger partial charge on any atom is -0.323 e. The van der Waals surface area contributed by atoms with E-state index < -0.39 is 9.84 Å². The highest BCUT2D eigenvalue weighted by Gasteiger charge is 2.12. The van der Waals surface area contributed by atoms with E-state index in [1.165, 1.54) is 17.0 Å². The van der Waals surface area contributed by atoms with E-state index in [0.29, 0.717) is 12.2 Å². The summed E-state index contributed by atoms with van der Waals surface area (Å²) in [5.74, 6) is 0. The summed E-state index contributed by atoms with van der Waals surface area (Å²) >= 11 is 0. The van der Waals surface area contributed by atoms with Crippen LogP contribution >= 0.6 is 0 Å². The Labute approximate surface area is 158 Å². The van der Waals surface area contributed by atoms with E-state index in [1.807, 2.05) is 36.5 Å². The van der Waals surface area contributed by atoms with Gasteiger partial charge in [0.1, 0.15) is 0 Å². The van der Waals surface area contributed by atoms with Gasteiger partial charge in [0, 0.05) is 30.8 Å². The highest BCUT2D eigenvalue weighted by atomic mass is 32.2. The Morgan fingerprint density at radius 3 is 2.41 bits per heavy atom.